The van der Waals surface area contributed by atoms with Crippen molar-refractivity contribution in [2.24, 2.45) is 0 Å². The van der Waals surface area contributed by atoms with Gasteiger partial charge in [-0.3, -0.25) is 9.59 Å². The summed E-state index contributed by atoms with van der Waals surface area (Å²) in [4.78, 5) is 26.7. The number of carbonyl (C=O) groups is 2. The molecule has 0 fully saturated rings. The van der Waals surface area contributed by atoms with Crippen LogP contribution in [0.3, 0.4) is 0 Å². The van der Waals surface area contributed by atoms with E-state index in [4.69, 9.17) is 0 Å². The molecule has 0 spiro atoms. The van der Waals surface area contributed by atoms with Gasteiger partial charge in [0.1, 0.15) is 6.07 Å². The monoisotopic (exact) mass is 302 g/mol. The highest BCUT2D eigenvalue weighted by Gasteiger charge is 2.39. The van der Waals surface area contributed by atoms with Gasteiger partial charge in [-0.2, -0.15) is 5.26 Å². The highest BCUT2D eigenvalue weighted by atomic mass is 16.2. The van der Waals surface area contributed by atoms with Crippen molar-refractivity contribution in [2.75, 3.05) is 4.90 Å². The summed E-state index contributed by atoms with van der Waals surface area (Å²) in [5, 5.41) is 9.47. The lowest BCUT2D eigenvalue weighted by Crippen LogP contribution is -2.32. The van der Waals surface area contributed by atoms with E-state index in [1.807, 2.05) is 6.07 Å². The molecule has 112 valence electrons. The van der Waals surface area contributed by atoms with Crippen molar-refractivity contribution in [2.45, 2.75) is 25.7 Å². The Morgan fingerprint density at radius 2 is 1.57 bits per heavy atom. The Kier molecular flexibility index (Phi) is 3.02. The third-order valence-electron chi connectivity index (χ3n) is 4.64. The molecule has 4 rings (SSSR count). The first-order valence-electron chi connectivity index (χ1n) is 7.75. The summed E-state index contributed by atoms with van der Waals surface area (Å²) in [6, 6.07) is 12.6. The number of carbonyl (C=O) groups excluding carboxylic acids is 2. The molecule has 2 aromatic carbocycles. The summed E-state index contributed by atoms with van der Waals surface area (Å²) in [5.74, 6) is -0.665. The smallest absolute Gasteiger partial charge is 0.266 e. The van der Waals surface area contributed by atoms with Gasteiger partial charge in [0.05, 0.1) is 22.4 Å². The Labute approximate surface area is 134 Å². The Hall–Kier alpha value is -2.93. The lowest BCUT2D eigenvalue weighted by Gasteiger charge is -2.24. The van der Waals surface area contributed by atoms with E-state index in [-0.39, 0.29) is 11.8 Å². The number of imide groups is 1. The minimum absolute atomic E-state index is 0.332. The molecule has 0 atom stereocenters. The van der Waals surface area contributed by atoms with E-state index in [0.29, 0.717) is 22.4 Å². The molecular formula is C19H14N2O2. The van der Waals surface area contributed by atoms with Gasteiger partial charge in [0.2, 0.25) is 0 Å². The molecule has 0 aromatic heterocycles. The van der Waals surface area contributed by atoms with E-state index in [9.17, 15) is 14.9 Å². The number of rotatable bonds is 1. The van der Waals surface area contributed by atoms with E-state index < -0.39 is 0 Å². The first-order valence-corrected chi connectivity index (χ1v) is 7.75. The highest BCUT2D eigenvalue weighted by molar-refractivity contribution is 6.35. The fourth-order valence-electron chi connectivity index (χ4n) is 3.55. The Balaban J connectivity index is 1.94. The van der Waals surface area contributed by atoms with Gasteiger partial charge >= 0.3 is 0 Å². The lowest BCUT2D eigenvalue weighted by atomic mass is 9.88. The van der Waals surface area contributed by atoms with E-state index in [0.717, 1.165) is 36.8 Å². The number of fused-ring (bicyclic) bond motifs is 2. The number of hydrogen-bond donors (Lipinski definition) is 0. The van der Waals surface area contributed by atoms with Crippen LogP contribution in [0.1, 0.15) is 50.2 Å². The second kappa shape index (κ2) is 5.06. The molecule has 0 N–H and O–H groups in total. The maximum absolute atomic E-state index is 12.8. The van der Waals surface area contributed by atoms with Gasteiger partial charge in [0, 0.05) is 0 Å². The minimum atomic E-state index is -0.332. The fourth-order valence-corrected chi connectivity index (χ4v) is 3.55. The highest BCUT2D eigenvalue weighted by Crippen LogP contribution is 2.37. The average molecular weight is 302 g/mol. The van der Waals surface area contributed by atoms with E-state index in [1.165, 1.54) is 4.90 Å². The molecule has 1 heterocycles. The third-order valence-corrected chi connectivity index (χ3v) is 4.64. The number of amides is 2. The predicted octanol–water partition coefficient (Wildman–Crippen LogP) is 3.24. The zero-order valence-corrected chi connectivity index (χ0v) is 12.5. The Bertz CT molecular complexity index is 858. The second-order valence-corrected chi connectivity index (χ2v) is 5.91. The maximum atomic E-state index is 12.8. The number of nitriles is 1. The van der Waals surface area contributed by atoms with Crippen molar-refractivity contribution in [3.63, 3.8) is 0 Å². The van der Waals surface area contributed by atoms with Crippen molar-refractivity contribution in [1.29, 1.82) is 5.26 Å². The number of aryl methyl sites for hydroxylation is 1. The quantitative estimate of drug-likeness (QED) is 0.760. The van der Waals surface area contributed by atoms with Crippen LogP contribution >= 0.6 is 0 Å². The molecule has 1 aliphatic carbocycles. The normalized spacial score (nSPS) is 16.0. The second-order valence-electron chi connectivity index (χ2n) is 5.91. The first kappa shape index (κ1) is 13.7. The van der Waals surface area contributed by atoms with Crippen LogP contribution in [0.4, 0.5) is 5.69 Å². The largest absolute Gasteiger partial charge is 0.268 e. The molecule has 0 radical (unpaired) electrons. The minimum Gasteiger partial charge on any atom is -0.268 e. The predicted molar refractivity (Wildman–Crippen MR) is 85.4 cm³/mol. The molecule has 2 amide bonds. The lowest BCUT2D eigenvalue weighted by molar-refractivity contribution is 0.0925. The van der Waals surface area contributed by atoms with Crippen LogP contribution in [0.2, 0.25) is 0 Å². The number of hydrogen-bond acceptors (Lipinski definition) is 3. The van der Waals surface area contributed by atoms with Gasteiger partial charge in [-0.25, -0.2) is 4.90 Å². The SMILES string of the molecule is N#Cc1ccc2c(c1N1C(=O)c3ccccc3C1=O)CCCC2. The van der Waals surface area contributed by atoms with Crippen LogP contribution in [0.25, 0.3) is 0 Å². The number of benzene rings is 2. The van der Waals surface area contributed by atoms with Crippen molar-refractivity contribution in [3.8, 4) is 6.07 Å². The molecule has 23 heavy (non-hydrogen) atoms. The third kappa shape index (κ3) is 1.90. The van der Waals surface area contributed by atoms with Crippen LogP contribution in [0.5, 0.6) is 0 Å². The van der Waals surface area contributed by atoms with Crippen LogP contribution in [-0.4, -0.2) is 11.8 Å². The van der Waals surface area contributed by atoms with E-state index in [2.05, 4.69) is 6.07 Å². The van der Waals surface area contributed by atoms with Gasteiger partial charge in [-0.1, -0.05) is 18.2 Å². The van der Waals surface area contributed by atoms with Gasteiger partial charge in [-0.15, -0.1) is 0 Å². The topological polar surface area (TPSA) is 61.2 Å². The van der Waals surface area contributed by atoms with Crippen LogP contribution in [0, 0.1) is 11.3 Å². The fraction of sp³-hybridized carbons (Fsp3) is 0.211. The molecule has 0 bridgehead atoms. The first-order chi connectivity index (χ1) is 11.2. The zero-order valence-electron chi connectivity index (χ0n) is 12.5. The van der Waals surface area contributed by atoms with Crippen molar-refractivity contribution in [1.82, 2.24) is 0 Å². The summed E-state index contributed by atoms with van der Waals surface area (Å²) >= 11 is 0. The van der Waals surface area contributed by atoms with Gasteiger partial charge in [0.15, 0.2) is 0 Å². The van der Waals surface area contributed by atoms with Gasteiger partial charge in [-0.05, 0) is 55.0 Å². The van der Waals surface area contributed by atoms with Crippen molar-refractivity contribution >= 4 is 17.5 Å². The molecule has 4 nitrogen and oxygen atoms in total. The summed E-state index contributed by atoms with van der Waals surface area (Å²) in [7, 11) is 0. The summed E-state index contributed by atoms with van der Waals surface area (Å²) in [6.07, 6.45) is 3.84. The van der Waals surface area contributed by atoms with E-state index in [1.54, 1.807) is 30.3 Å². The molecule has 4 heteroatoms. The Morgan fingerprint density at radius 3 is 2.22 bits per heavy atom. The summed E-state index contributed by atoms with van der Waals surface area (Å²) < 4.78 is 0. The molecular weight excluding hydrogens is 288 g/mol. The molecule has 0 saturated carbocycles. The van der Waals surface area contributed by atoms with Crippen LogP contribution in [0.15, 0.2) is 36.4 Å². The molecule has 2 aromatic rings. The van der Waals surface area contributed by atoms with Crippen molar-refractivity contribution in [3.05, 3.63) is 64.2 Å². The molecule has 0 unspecified atom stereocenters. The average Bonchev–Trinajstić information content (AvgIpc) is 2.85. The summed E-state index contributed by atoms with van der Waals surface area (Å²) in [6.45, 7) is 0. The van der Waals surface area contributed by atoms with Crippen LogP contribution < -0.4 is 4.90 Å². The molecule has 2 aliphatic rings. The van der Waals surface area contributed by atoms with Gasteiger partial charge in [0.25, 0.3) is 11.8 Å². The standard InChI is InChI=1S/C19H14N2O2/c20-11-13-10-9-12-5-1-2-6-14(12)17(13)21-18(22)15-7-3-4-8-16(15)19(21)23/h3-4,7-10H,1-2,5-6H2. The Morgan fingerprint density at radius 1 is 0.913 bits per heavy atom. The van der Waals surface area contributed by atoms with Crippen LogP contribution in [-0.2, 0) is 12.8 Å². The summed E-state index contributed by atoms with van der Waals surface area (Å²) in [5.41, 5.74) is 3.83. The number of nitrogens with zero attached hydrogens (tertiary/aromatic N) is 2. The molecule has 0 saturated heterocycles. The van der Waals surface area contributed by atoms with Gasteiger partial charge < -0.3 is 0 Å². The van der Waals surface area contributed by atoms with Crippen molar-refractivity contribution < 1.29 is 9.59 Å². The zero-order chi connectivity index (χ0) is 16.0. The van der Waals surface area contributed by atoms with E-state index >= 15 is 0 Å². The molecule has 1 aliphatic heterocycles. The maximum Gasteiger partial charge on any atom is 0.266 e. The number of anilines is 1.